The van der Waals surface area contributed by atoms with Gasteiger partial charge in [0.05, 0.1) is 0 Å². The molecule has 0 nitrogen and oxygen atoms in total. The number of rotatable bonds is 3. The van der Waals surface area contributed by atoms with E-state index in [1.165, 1.54) is 0 Å². The molecule has 0 bridgehead atoms. The molecule has 0 amide bonds. The fraction of sp³-hybridized carbons (Fsp3) is 0.333. The van der Waals surface area contributed by atoms with Gasteiger partial charge in [0.15, 0.2) is 0 Å². The third-order valence-corrected chi connectivity index (χ3v) is 2.88. The van der Waals surface area contributed by atoms with E-state index in [9.17, 15) is 0 Å². The molecular formula is C6H9Cl3Si. The van der Waals surface area contributed by atoms with Crippen LogP contribution in [-0.4, -0.2) is 6.00 Å². The molecule has 0 heterocycles. The van der Waals surface area contributed by atoms with Crippen LogP contribution in [0.15, 0.2) is 24.3 Å². The van der Waals surface area contributed by atoms with E-state index in [0.717, 1.165) is 0 Å². The van der Waals surface area contributed by atoms with Crippen LogP contribution in [0, 0.1) is 0 Å². The second kappa shape index (κ2) is 5.25. The van der Waals surface area contributed by atoms with Crippen LogP contribution in [0.2, 0.25) is 6.04 Å². The van der Waals surface area contributed by atoms with E-state index in [-0.39, 0.29) is 0 Å². The molecule has 0 aliphatic carbocycles. The summed E-state index contributed by atoms with van der Waals surface area (Å²) in [7, 11) is 0. The van der Waals surface area contributed by atoms with Gasteiger partial charge in [0.1, 0.15) is 0 Å². The van der Waals surface area contributed by atoms with Crippen LogP contribution in [0.25, 0.3) is 0 Å². The molecule has 0 N–H and O–H groups in total. The van der Waals surface area contributed by atoms with Crippen molar-refractivity contribution in [1.82, 2.24) is 0 Å². The van der Waals surface area contributed by atoms with E-state index >= 15 is 0 Å². The first-order chi connectivity index (χ1) is 4.56. The smallest absolute Gasteiger partial charge is 0.126 e. The Kier molecular flexibility index (Phi) is 5.55. The molecule has 0 saturated heterocycles. The predicted molar refractivity (Wildman–Crippen MR) is 52.1 cm³/mol. The lowest BCUT2D eigenvalue weighted by Gasteiger charge is -2.00. The largest absolute Gasteiger partial charge is 0.344 e. The molecule has 58 valence electrons. The monoisotopic (exact) mass is 214 g/mol. The van der Waals surface area contributed by atoms with Crippen LogP contribution >= 0.6 is 33.2 Å². The molecule has 0 atom stereocenters. The second-order valence-electron chi connectivity index (χ2n) is 1.77. The summed E-state index contributed by atoms with van der Waals surface area (Å²) in [5.74, 6) is 0. The number of hydrogen-bond acceptors (Lipinski definition) is 0. The van der Waals surface area contributed by atoms with Crippen molar-refractivity contribution < 1.29 is 0 Å². The SMILES string of the molecule is CC=CC=CC[Si](Cl)(Cl)Cl. The summed E-state index contributed by atoms with van der Waals surface area (Å²) in [6.45, 7) is 1.94. The Morgan fingerprint density at radius 3 is 2.20 bits per heavy atom. The predicted octanol–water partition coefficient (Wildman–Crippen LogP) is 3.77. The molecule has 0 aromatic rings. The van der Waals surface area contributed by atoms with Gasteiger partial charge < -0.3 is 0 Å². The zero-order valence-electron chi connectivity index (χ0n) is 5.65. The first-order valence-electron chi connectivity index (χ1n) is 2.91. The molecule has 10 heavy (non-hydrogen) atoms. The minimum absolute atomic E-state index is 0.585. The average Bonchev–Trinajstić information content (AvgIpc) is 1.78. The molecule has 0 spiro atoms. The Balaban J connectivity index is 3.54. The highest BCUT2D eigenvalue weighted by molar-refractivity contribution is 7.64. The highest BCUT2D eigenvalue weighted by atomic mass is 35.8. The maximum absolute atomic E-state index is 5.61. The molecule has 0 rings (SSSR count). The van der Waals surface area contributed by atoms with Crippen molar-refractivity contribution in [1.29, 1.82) is 0 Å². The summed E-state index contributed by atoms with van der Waals surface area (Å²) in [4.78, 5) is 0. The van der Waals surface area contributed by atoms with Crippen LogP contribution in [0.3, 0.4) is 0 Å². The molecule has 0 fully saturated rings. The second-order valence-corrected chi connectivity index (χ2v) is 11.0. The van der Waals surface area contributed by atoms with Gasteiger partial charge in [0, 0.05) is 6.04 Å². The lowest BCUT2D eigenvalue weighted by atomic mass is 10.5. The summed E-state index contributed by atoms with van der Waals surface area (Å²) < 4.78 is 0. The van der Waals surface area contributed by atoms with Gasteiger partial charge in [-0.2, -0.15) is 0 Å². The topological polar surface area (TPSA) is 0 Å². The Bertz CT molecular complexity index is 134. The molecule has 0 aromatic heterocycles. The van der Waals surface area contributed by atoms with E-state index in [1.54, 1.807) is 0 Å². The Morgan fingerprint density at radius 1 is 1.20 bits per heavy atom. The van der Waals surface area contributed by atoms with Gasteiger partial charge in [-0.3, -0.25) is 0 Å². The molecule has 0 radical (unpaired) electrons. The maximum atomic E-state index is 5.61. The van der Waals surface area contributed by atoms with Crippen LogP contribution in [0.1, 0.15) is 6.92 Å². The standard InChI is InChI=1S/C6H9Cl3Si/c1-2-3-4-5-6-10(7,8)9/h2-5H,6H2,1H3. The first kappa shape index (κ1) is 10.6. The van der Waals surface area contributed by atoms with Crippen molar-refractivity contribution in [3.63, 3.8) is 0 Å². The van der Waals surface area contributed by atoms with Crippen LogP contribution in [0.4, 0.5) is 0 Å². The van der Waals surface area contributed by atoms with Gasteiger partial charge in [-0.25, -0.2) is 0 Å². The van der Waals surface area contributed by atoms with Crippen molar-refractivity contribution in [2.45, 2.75) is 13.0 Å². The fourth-order valence-corrected chi connectivity index (χ4v) is 1.60. The van der Waals surface area contributed by atoms with E-state index < -0.39 is 6.00 Å². The van der Waals surface area contributed by atoms with Gasteiger partial charge in [0.2, 0.25) is 0 Å². The summed E-state index contributed by atoms with van der Waals surface area (Å²) in [6, 6.07) is -1.83. The number of hydrogen-bond donors (Lipinski definition) is 0. The van der Waals surface area contributed by atoms with Gasteiger partial charge in [-0.05, 0) is 6.92 Å². The molecule has 0 aromatic carbocycles. The molecule has 4 heteroatoms. The number of allylic oxidation sites excluding steroid dienone is 4. The van der Waals surface area contributed by atoms with E-state index in [2.05, 4.69) is 0 Å². The van der Waals surface area contributed by atoms with Crippen molar-refractivity contribution in [3.8, 4) is 0 Å². The maximum Gasteiger partial charge on any atom is 0.344 e. The van der Waals surface area contributed by atoms with E-state index in [4.69, 9.17) is 33.2 Å². The lowest BCUT2D eigenvalue weighted by Crippen LogP contribution is -2.05. The van der Waals surface area contributed by atoms with Crippen molar-refractivity contribution in [2.24, 2.45) is 0 Å². The summed E-state index contributed by atoms with van der Waals surface area (Å²) in [6.07, 6.45) is 7.59. The third kappa shape index (κ3) is 8.57. The molecule has 0 aliphatic rings. The van der Waals surface area contributed by atoms with E-state index in [0.29, 0.717) is 6.04 Å². The minimum Gasteiger partial charge on any atom is -0.126 e. The Hall–Kier alpha value is 0.567. The van der Waals surface area contributed by atoms with Crippen LogP contribution < -0.4 is 0 Å². The lowest BCUT2D eigenvalue weighted by molar-refractivity contribution is 1.65. The van der Waals surface area contributed by atoms with Crippen molar-refractivity contribution >= 4 is 39.2 Å². The molecule has 0 aliphatic heterocycles. The van der Waals surface area contributed by atoms with Crippen LogP contribution in [0.5, 0.6) is 0 Å². The molecule has 0 saturated carbocycles. The highest BCUT2D eigenvalue weighted by Crippen LogP contribution is 2.24. The van der Waals surface area contributed by atoms with E-state index in [1.807, 2.05) is 31.2 Å². The summed E-state index contributed by atoms with van der Waals surface area (Å²) in [5.41, 5.74) is 0. The van der Waals surface area contributed by atoms with Gasteiger partial charge in [-0.1, -0.05) is 24.3 Å². The summed E-state index contributed by atoms with van der Waals surface area (Å²) >= 11 is 16.8. The van der Waals surface area contributed by atoms with Crippen molar-refractivity contribution in [3.05, 3.63) is 24.3 Å². The van der Waals surface area contributed by atoms with Gasteiger partial charge in [-0.15, -0.1) is 33.2 Å². The third-order valence-electron chi connectivity index (χ3n) is 0.789. The zero-order chi connectivity index (χ0) is 8.04. The minimum atomic E-state index is -2.41. The zero-order valence-corrected chi connectivity index (χ0v) is 8.92. The molecular weight excluding hydrogens is 207 g/mol. The van der Waals surface area contributed by atoms with Crippen molar-refractivity contribution in [2.75, 3.05) is 0 Å². The quantitative estimate of drug-likeness (QED) is 0.382. The Morgan fingerprint density at radius 2 is 1.80 bits per heavy atom. The fourth-order valence-electron chi connectivity index (χ4n) is 0.391. The Labute approximate surface area is 76.6 Å². The molecule has 0 unspecified atom stereocenters. The highest BCUT2D eigenvalue weighted by Gasteiger charge is 2.21. The van der Waals surface area contributed by atoms with Gasteiger partial charge >= 0.3 is 6.00 Å². The number of halogens is 3. The first-order valence-corrected chi connectivity index (χ1v) is 8.15. The van der Waals surface area contributed by atoms with Gasteiger partial charge in [0.25, 0.3) is 0 Å². The normalized spacial score (nSPS) is 13.6. The average molecular weight is 216 g/mol. The van der Waals surface area contributed by atoms with Crippen LogP contribution in [-0.2, 0) is 0 Å². The summed E-state index contributed by atoms with van der Waals surface area (Å²) in [5, 5.41) is 0.